The molecule has 1 aromatic rings. The molecule has 0 aliphatic heterocycles. The standard InChI is InChI=1S/C7H4ClNO4S.C2H6/c8-6-3(9(12)13)1-2-4(14)5(6)7(10)11;1-2/h1-2,14H,(H,10,11);1-2H3. The predicted molar refractivity (Wildman–Crippen MR) is 63.7 cm³/mol. The van der Waals surface area contributed by atoms with Crippen LogP contribution in [0.5, 0.6) is 0 Å². The lowest BCUT2D eigenvalue weighted by molar-refractivity contribution is -0.384. The number of hydrogen-bond acceptors (Lipinski definition) is 4. The fourth-order valence-corrected chi connectivity index (χ4v) is 1.56. The number of carboxylic acid groups (broad SMARTS) is 1. The van der Waals surface area contributed by atoms with E-state index < -0.39 is 21.6 Å². The minimum Gasteiger partial charge on any atom is -0.478 e. The average molecular weight is 264 g/mol. The molecule has 1 N–H and O–H groups in total. The van der Waals surface area contributed by atoms with Crippen LogP contribution in [-0.2, 0) is 0 Å². The maximum atomic E-state index is 10.7. The summed E-state index contributed by atoms with van der Waals surface area (Å²) in [4.78, 5) is 20.4. The Morgan fingerprint density at radius 3 is 2.38 bits per heavy atom. The molecule has 5 nitrogen and oxygen atoms in total. The monoisotopic (exact) mass is 263 g/mol. The van der Waals surface area contributed by atoms with Crippen LogP contribution in [0, 0.1) is 10.1 Å². The van der Waals surface area contributed by atoms with Crippen LogP contribution >= 0.6 is 24.2 Å². The van der Waals surface area contributed by atoms with Crippen molar-refractivity contribution in [3.63, 3.8) is 0 Å². The first kappa shape index (κ1) is 14.7. The molecule has 0 heterocycles. The molecule has 0 unspecified atom stereocenters. The second-order valence-corrected chi connectivity index (χ2v) is 3.21. The van der Waals surface area contributed by atoms with Gasteiger partial charge in [-0.2, -0.15) is 0 Å². The summed E-state index contributed by atoms with van der Waals surface area (Å²) in [7, 11) is 0. The number of hydrogen-bond donors (Lipinski definition) is 2. The van der Waals surface area contributed by atoms with Crippen molar-refractivity contribution in [2.24, 2.45) is 0 Å². The third-order valence-corrected chi connectivity index (χ3v) is 2.27. The number of nitro groups is 1. The predicted octanol–water partition coefficient (Wildman–Crippen LogP) is 3.26. The highest BCUT2D eigenvalue weighted by Crippen LogP contribution is 2.31. The molecule has 0 saturated carbocycles. The first-order chi connectivity index (χ1) is 7.45. The topological polar surface area (TPSA) is 80.4 Å². The highest BCUT2D eigenvalue weighted by molar-refractivity contribution is 7.80. The van der Waals surface area contributed by atoms with Gasteiger partial charge in [-0.25, -0.2) is 4.79 Å². The molecular weight excluding hydrogens is 254 g/mol. The summed E-state index contributed by atoms with van der Waals surface area (Å²) in [6.45, 7) is 4.00. The highest BCUT2D eigenvalue weighted by atomic mass is 35.5. The van der Waals surface area contributed by atoms with Crippen molar-refractivity contribution < 1.29 is 14.8 Å². The van der Waals surface area contributed by atoms with E-state index >= 15 is 0 Å². The largest absolute Gasteiger partial charge is 0.478 e. The van der Waals surface area contributed by atoms with Crippen molar-refractivity contribution in [3.05, 3.63) is 32.8 Å². The van der Waals surface area contributed by atoms with Crippen molar-refractivity contribution in [1.29, 1.82) is 0 Å². The van der Waals surface area contributed by atoms with E-state index in [2.05, 4.69) is 12.6 Å². The fraction of sp³-hybridized carbons (Fsp3) is 0.222. The van der Waals surface area contributed by atoms with Gasteiger partial charge in [0.25, 0.3) is 5.69 Å². The van der Waals surface area contributed by atoms with E-state index in [0.717, 1.165) is 6.07 Å². The van der Waals surface area contributed by atoms with Gasteiger partial charge in [0.15, 0.2) is 0 Å². The van der Waals surface area contributed by atoms with E-state index in [0.29, 0.717) is 0 Å². The summed E-state index contributed by atoms with van der Waals surface area (Å²) < 4.78 is 0. The number of aromatic carboxylic acids is 1. The van der Waals surface area contributed by atoms with E-state index in [-0.39, 0.29) is 10.5 Å². The number of carboxylic acids is 1. The molecule has 0 amide bonds. The Morgan fingerprint density at radius 2 is 2.00 bits per heavy atom. The Balaban J connectivity index is 0.00000106. The lowest BCUT2D eigenvalue weighted by atomic mass is 10.2. The minimum atomic E-state index is -1.34. The third-order valence-electron chi connectivity index (χ3n) is 1.51. The molecule has 1 rings (SSSR count). The summed E-state index contributed by atoms with van der Waals surface area (Å²) in [6, 6.07) is 2.33. The molecule has 0 bridgehead atoms. The van der Waals surface area contributed by atoms with Crippen molar-refractivity contribution in [3.8, 4) is 0 Å². The number of nitro benzene ring substituents is 1. The maximum Gasteiger partial charge on any atom is 0.338 e. The molecule has 1 aromatic carbocycles. The Bertz CT molecular complexity index is 422. The van der Waals surface area contributed by atoms with Crippen LogP contribution in [0.2, 0.25) is 5.02 Å². The molecule has 88 valence electrons. The van der Waals surface area contributed by atoms with Crippen LogP contribution in [0.4, 0.5) is 5.69 Å². The zero-order chi connectivity index (χ0) is 12.9. The Labute approximate surface area is 103 Å². The number of carbonyl (C=O) groups is 1. The minimum absolute atomic E-state index is 0.0908. The quantitative estimate of drug-likeness (QED) is 0.487. The van der Waals surface area contributed by atoms with Crippen molar-refractivity contribution >= 4 is 35.9 Å². The van der Waals surface area contributed by atoms with Crippen molar-refractivity contribution in [2.75, 3.05) is 0 Å². The molecule has 0 radical (unpaired) electrons. The molecule has 0 aliphatic rings. The number of thiol groups is 1. The van der Waals surface area contributed by atoms with Crippen LogP contribution in [-0.4, -0.2) is 16.0 Å². The van der Waals surface area contributed by atoms with Crippen LogP contribution in [0.25, 0.3) is 0 Å². The van der Waals surface area contributed by atoms with Gasteiger partial charge in [-0.1, -0.05) is 25.4 Å². The highest BCUT2D eigenvalue weighted by Gasteiger charge is 2.22. The number of rotatable bonds is 2. The smallest absolute Gasteiger partial charge is 0.338 e. The first-order valence-corrected chi connectivity index (χ1v) is 5.16. The van der Waals surface area contributed by atoms with Gasteiger partial charge in [-0.3, -0.25) is 10.1 Å². The van der Waals surface area contributed by atoms with Gasteiger partial charge in [0.2, 0.25) is 0 Å². The summed E-state index contributed by atoms with van der Waals surface area (Å²) in [5, 5.41) is 18.7. The lowest BCUT2D eigenvalue weighted by Crippen LogP contribution is -2.01. The number of benzene rings is 1. The first-order valence-electron chi connectivity index (χ1n) is 4.34. The van der Waals surface area contributed by atoms with E-state index in [1.54, 1.807) is 0 Å². The van der Waals surface area contributed by atoms with Gasteiger partial charge < -0.3 is 5.11 Å². The van der Waals surface area contributed by atoms with Crippen LogP contribution in [0.3, 0.4) is 0 Å². The molecular formula is C9H10ClNO4S. The van der Waals surface area contributed by atoms with Gasteiger partial charge in [0, 0.05) is 11.0 Å². The zero-order valence-corrected chi connectivity index (χ0v) is 10.2. The average Bonchev–Trinajstić information content (AvgIpc) is 2.19. The van der Waals surface area contributed by atoms with Gasteiger partial charge >= 0.3 is 5.97 Å². The van der Waals surface area contributed by atoms with Gasteiger partial charge in [0.1, 0.15) is 5.02 Å². The van der Waals surface area contributed by atoms with Crippen molar-refractivity contribution in [2.45, 2.75) is 18.7 Å². The number of nitrogens with zero attached hydrogens (tertiary/aromatic N) is 1. The second kappa shape index (κ2) is 6.34. The lowest BCUT2D eigenvalue weighted by Gasteiger charge is -2.02. The zero-order valence-electron chi connectivity index (χ0n) is 8.60. The molecule has 0 saturated heterocycles. The summed E-state index contributed by atoms with van der Waals surface area (Å²) in [6.07, 6.45) is 0. The summed E-state index contributed by atoms with van der Waals surface area (Å²) in [5.41, 5.74) is -0.800. The molecule has 0 aromatic heterocycles. The SMILES string of the molecule is CC.O=C(O)c1c(S)ccc([N+](=O)[O-])c1Cl. The number of halogens is 1. The Hall–Kier alpha value is -1.27. The van der Waals surface area contributed by atoms with Crippen LogP contribution in [0.15, 0.2) is 17.0 Å². The normalized spacial score (nSPS) is 9.00. The maximum absolute atomic E-state index is 10.7. The molecule has 16 heavy (non-hydrogen) atoms. The Morgan fingerprint density at radius 1 is 1.50 bits per heavy atom. The molecule has 7 heteroatoms. The van der Waals surface area contributed by atoms with Crippen LogP contribution < -0.4 is 0 Å². The third kappa shape index (κ3) is 3.11. The van der Waals surface area contributed by atoms with Gasteiger partial charge in [-0.05, 0) is 6.07 Å². The van der Waals surface area contributed by atoms with E-state index in [1.165, 1.54) is 6.07 Å². The van der Waals surface area contributed by atoms with Gasteiger partial charge in [-0.15, -0.1) is 12.6 Å². The molecule has 0 atom stereocenters. The fourth-order valence-electron chi connectivity index (χ4n) is 0.899. The van der Waals surface area contributed by atoms with Crippen molar-refractivity contribution in [1.82, 2.24) is 0 Å². The van der Waals surface area contributed by atoms with E-state index in [1.807, 2.05) is 13.8 Å². The molecule has 0 fully saturated rings. The molecule has 0 aliphatic carbocycles. The Kier molecular flexibility index (Phi) is 5.84. The van der Waals surface area contributed by atoms with E-state index in [4.69, 9.17) is 16.7 Å². The summed E-state index contributed by atoms with van der Waals surface area (Å²) in [5.74, 6) is -1.34. The molecule has 0 spiro atoms. The van der Waals surface area contributed by atoms with Crippen LogP contribution in [0.1, 0.15) is 24.2 Å². The summed E-state index contributed by atoms with van der Waals surface area (Å²) >= 11 is 9.37. The van der Waals surface area contributed by atoms with E-state index in [9.17, 15) is 14.9 Å². The second-order valence-electron chi connectivity index (χ2n) is 2.36. The van der Waals surface area contributed by atoms with Gasteiger partial charge in [0.05, 0.1) is 10.5 Å².